The molecule has 4 rings (SSSR count). The van der Waals surface area contributed by atoms with E-state index in [0.29, 0.717) is 27.2 Å². The van der Waals surface area contributed by atoms with Crippen LogP contribution in [0.3, 0.4) is 0 Å². The molecule has 0 saturated carbocycles. The molecule has 1 N–H and O–H groups in total. The standard InChI is InChI=1S/C20H18ClFN4O2/c1-12-19-17(9-18(27)25(12)11-15-4-2-3-7-23-15)24-26(20(19)28)10-13-5-6-14(22)8-16(13)21/h2-7,9,14,24H,8,10-11H2,1H3. The van der Waals surface area contributed by atoms with E-state index in [1.165, 1.54) is 21.4 Å². The van der Waals surface area contributed by atoms with Crippen LogP contribution >= 0.6 is 11.6 Å². The number of halogens is 2. The first-order chi connectivity index (χ1) is 13.4. The van der Waals surface area contributed by atoms with Gasteiger partial charge in [0.15, 0.2) is 0 Å². The van der Waals surface area contributed by atoms with E-state index in [1.54, 1.807) is 25.3 Å². The molecule has 144 valence electrons. The van der Waals surface area contributed by atoms with Crippen LogP contribution in [-0.4, -0.2) is 25.5 Å². The van der Waals surface area contributed by atoms with E-state index in [-0.39, 0.29) is 30.6 Å². The second-order valence-electron chi connectivity index (χ2n) is 6.78. The number of nitrogens with zero attached hydrogens (tertiary/aromatic N) is 3. The van der Waals surface area contributed by atoms with Gasteiger partial charge in [-0.25, -0.2) is 9.07 Å². The summed E-state index contributed by atoms with van der Waals surface area (Å²) in [5, 5.41) is 3.81. The van der Waals surface area contributed by atoms with Crippen molar-refractivity contribution in [1.29, 1.82) is 0 Å². The molecule has 0 bridgehead atoms. The Morgan fingerprint density at radius 1 is 1.32 bits per heavy atom. The SMILES string of the molecule is Cc1c2c(=O)n(CC3=C(Cl)CC(F)C=C3)[nH]c2cc(=O)n1Cc1ccccn1. The molecule has 0 fully saturated rings. The first kappa shape index (κ1) is 18.4. The minimum absolute atomic E-state index is 0.107. The Kier molecular flexibility index (Phi) is 4.77. The topological polar surface area (TPSA) is 72.7 Å². The normalized spacial score (nSPS) is 16.9. The molecule has 8 heteroatoms. The molecule has 0 aliphatic heterocycles. The number of fused-ring (bicyclic) bond motifs is 1. The van der Waals surface area contributed by atoms with Crippen molar-refractivity contribution in [3.63, 3.8) is 0 Å². The summed E-state index contributed by atoms with van der Waals surface area (Å²) >= 11 is 6.15. The maximum absolute atomic E-state index is 13.4. The van der Waals surface area contributed by atoms with E-state index in [2.05, 4.69) is 10.1 Å². The predicted octanol–water partition coefficient (Wildman–Crippen LogP) is 3.03. The number of aromatic amines is 1. The molecule has 0 radical (unpaired) electrons. The quantitative estimate of drug-likeness (QED) is 0.731. The van der Waals surface area contributed by atoms with Crippen molar-refractivity contribution in [3.8, 4) is 0 Å². The van der Waals surface area contributed by atoms with Crippen molar-refractivity contribution in [3.05, 3.63) is 85.3 Å². The van der Waals surface area contributed by atoms with Gasteiger partial charge in [-0.1, -0.05) is 23.7 Å². The fraction of sp³-hybridized carbons (Fsp3) is 0.250. The van der Waals surface area contributed by atoms with E-state index in [9.17, 15) is 14.0 Å². The van der Waals surface area contributed by atoms with Gasteiger partial charge < -0.3 is 4.57 Å². The van der Waals surface area contributed by atoms with Crippen molar-refractivity contribution in [1.82, 2.24) is 19.3 Å². The van der Waals surface area contributed by atoms with Gasteiger partial charge >= 0.3 is 0 Å². The summed E-state index contributed by atoms with van der Waals surface area (Å²) in [6, 6.07) is 6.89. The minimum Gasteiger partial charge on any atom is -0.306 e. The zero-order valence-electron chi connectivity index (χ0n) is 15.2. The Bertz CT molecular complexity index is 1220. The third kappa shape index (κ3) is 3.33. The second kappa shape index (κ2) is 7.24. The van der Waals surface area contributed by atoms with Gasteiger partial charge in [0.2, 0.25) is 0 Å². The van der Waals surface area contributed by atoms with Gasteiger partial charge in [0.25, 0.3) is 11.1 Å². The highest BCUT2D eigenvalue weighted by Gasteiger charge is 2.18. The predicted molar refractivity (Wildman–Crippen MR) is 106 cm³/mol. The average Bonchev–Trinajstić information content (AvgIpc) is 2.97. The molecule has 0 saturated heterocycles. The van der Waals surface area contributed by atoms with Crippen molar-refractivity contribution >= 4 is 22.5 Å². The number of rotatable bonds is 4. The summed E-state index contributed by atoms with van der Waals surface area (Å²) in [6.07, 6.45) is 3.69. The summed E-state index contributed by atoms with van der Waals surface area (Å²) in [5.74, 6) is 0. The number of aryl methyl sites for hydroxylation is 1. The van der Waals surface area contributed by atoms with Crippen LogP contribution in [0.1, 0.15) is 17.8 Å². The van der Waals surface area contributed by atoms with Crippen LogP contribution < -0.4 is 11.1 Å². The van der Waals surface area contributed by atoms with Crippen LogP contribution in [0.2, 0.25) is 0 Å². The maximum Gasteiger partial charge on any atom is 0.276 e. The molecule has 3 aromatic heterocycles. The lowest BCUT2D eigenvalue weighted by Crippen LogP contribution is -2.24. The molecule has 3 aromatic rings. The van der Waals surface area contributed by atoms with Gasteiger partial charge in [-0.05, 0) is 30.7 Å². The van der Waals surface area contributed by atoms with E-state index in [0.717, 1.165) is 5.69 Å². The number of allylic oxidation sites excluding steroid dienone is 4. The number of alkyl halides is 1. The smallest absolute Gasteiger partial charge is 0.276 e. The largest absolute Gasteiger partial charge is 0.306 e. The molecule has 1 aliphatic carbocycles. The third-order valence-corrected chi connectivity index (χ3v) is 5.28. The number of hydrogen-bond acceptors (Lipinski definition) is 3. The molecule has 0 spiro atoms. The van der Waals surface area contributed by atoms with Crippen LogP contribution in [0, 0.1) is 6.92 Å². The zero-order valence-corrected chi connectivity index (χ0v) is 15.9. The average molecular weight is 401 g/mol. The van der Waals surface area contributed by atoms with Crippen LogP contribution in [0.5, 0.6) is 0 Å². The van der Waals surface area contributed by atoms with Gasteiger partial charge in [-0.2, -0.15) is 0 Å². The van der Waals surface area contributed by atoms with E-state index < -0.39 is 6.17 Å². The fourth-order valence-electron chi connectivity index (χ4n) is 3.41. The lowest BCUT2D eigenvalue weighted by Gasteiger charge is -2.13. The Labute approximate surface area is 164 Å². The Morgan fingerprint density at radius 2 is 2.14 bits per heavy atom. The number of nitrogens with one attached hydrogen (secondary N) is 1. The van der Waals surface area contributed by atoms with Crippen LogP contribution in [0.15, 0.2) is 62.8 Å². The number of aromatic nitrogens is 4. The highest BCUT2D eigenvalue weighted by molar-refractivity contribution is 6.30. The first-order valence-electron chi connectivity index (χ1n) is 8.86. The van der Waals surface area contributed by atoms with Gasteiger partial charge in [-0.3, -0.25) is 19.7 Å². The lowest BCUT2D eigenvalue weighted by molar-refractivity contribution is 0.397. The van der Waals surface area contributed by atoms with Gasteiger partial charge in [0.1, 0.15) is 6.17 Å². The van der Waals surface area contributed by atoms with Crippen molar-refractivity contribution in [2.24, 2.45) is 0 Å². The van der Waals surface area contributed by atoms with Gasteiger partial charge in [0.05, 0.1) is 29.7 Å². The van der Waals surface area contributed by atoms with E-state index in [1.807, 2.05) is 12.1 Å². The Hall–Kier alpha value is -2.93. The number of H-pyrrole nitrogens is 1. The van der Waals surface area contributed by atoms with E-state index >= 15 is 0 Å². The van der Waals surface area contributed by atoms with Crippen LogP contribution in [0.25, 0.3) is 10.9 Å². The summed E-state index contributed by atoms with van der Waals surface area (Å²) in [6.45, 7) is 2.21. The molecule has 1 atom stereocenters. The Balaban J connectivity index is 1.76. The van der Waals surface area contributed by atoms with Gasteiger partial charge in [0, 0.05) is 29.4 Å². The minimum atomic E-state index is -1.11. The van der Waals surface area contributed by atoms with Crippen molar-refractivity contribution in [2.75, 3.05) is 0 Å². The molecule has 0 aromatic carbocycles. The molecular formula is C20H18ClFN4O2. The monoisotopic (exact) mass is 400 g/mol. The highest BCUT2D eigenvalue weighted by atomic mass is 35.5. The lowest BCUT2D eigenvalue weighted by atomic mass is 10.1. The second-order valence-corrected chi connectivity index (χ2v) is 7.23. The zero-order chi connectivity index (χ0) is 19.8. The summed E-state index contributed by atoms with van der Waals surface area (Å²) in [5.41, 5.74) is 1.95. The van der Waals surface area contributed by atoms with Crippen molar-refractivity contribution in [2.45, 2.75) is 32.6 Å². The molecule has 3 heterocycles. The fourth-order valence-corrected chi connectivity index (χ4v) is 3.68. The number of pyridine rings is 2. The highest BCUT2D eigenvalue weighted by Crippen LogP contribution is 2.25. The summed E-state index contributed by atoms with van der Waals surface area (Å²) < 4.78 is 16.3. The van der Waals surface area contributed by atoms with Crippen LogP contribution in [-0.2, 0) is 13.1 Å². The number of hydrogen-bond donors (Lipinski definition) is 1. The maximum atomic E-state index is 13.4. The molecule has 28 heavy (non-hydrogen) atoms. The van der Waals surface area contributed by atoms with E-state index in [4.69, 9.17) is 11.6 Å². The summed E-state index contributed by atoms with van der Waals surface area (Å²) in [4.78, 5) is 29.8. The summed E-state index contributed by atoms with van der Waals surface area (Å²) in [7, 11) is 0. The van der Waals surface area contributed by atoms with Crippen molar-refractivity contribution < 1.29 is 4.39 Å². The Morgan fingerprint density at radius 3 is 2.86 bits per heavy atom. The molecule has 0 amide bonds. The molecular weight excluding hydrogens is 383 g/mol. The molecule has 1 aliphatic rings. The molecule has 1 unspecified atom stereocenters. The third-order valence-electron chi connectivity index (χ3n) is 4.89. The van der Waals surface area contributed by atoms with Gasteiger partial charge in [-0.15, -0.1) is 0 Å². The van der Waals surface area contributed by atoms with Crippen LogP contribution in [0.4, 0.5) is 4.39 Å². The first-order valence-corrected chi connectivity index (χ1v) is 9.24. The molecule has 6 nitrogen and oxygen atoms in total.